The van der Waals surface area contributed by atoms with Crippen LogP contribution in [0.4, 0.5) is 0 Å². The minimum atomic E-state index is -0.252. The van der Waals surface area contributed by atoms with Crippen LogP contribution < -0.4 is 10.1 Å². The molecule has 20 heavy (non-hydrogen) atoms. The molecule has 0 bridgehead atoms. The normalized spacial score (nSPS) is 13.3. The van der Waals surface area contributed by atoms with Gasteiger partial charge in [0.05, 0.1) is 12.7 Å². The van der Waals surface area contributed by atoms with Crippen LogP contribution in [0.15, 0.2) is 18.2 Å². The Balaban J connectivity index is 2.98. The first-order valence-electron chi connectivity index (χ1n) is 7.14. The first-order valence-corrected chi connectivity index (χ1v) is 7.52. The maximum Gasteiger partial charge on any atom is 0.122 e. The van der Waals surface area contributed by atoms with Crippen LogP contribution in [-0.2, 0) is 11.2 Å². The Labute approximate surface area is 127 Å². The lowest BCUT2D eigenvalue weighted by atomic mass is 9.91. The average molecular weight is 300 g/mol. The molecule has 4 heteroatoms. The molecule has 0 aliphatic carbocycles. The third kappa shape index (κ3) is 4.65. The van der Waals surface area contributed by atoms with Gasteiger partial charge < -0.3 is 14.8 Å². The van der Waals surface area contributed by atoms with E-state index in [4.69, 9.17) is 21.1 Å². The molecule has 0 fully saturated rings. The summed E-state index contributed by atoms with van der Waals surface area (Å²) in [7, 11) is 1.68. The Morgan fingerprint density at radius 1 is 1.30 bits per heavy atom. The smallest absolute Gasteiger partial charge is 0.122 e. The minimum Gasteiger partial charge on any atom is -0.496 e. The number of benzene rings is 1. The zero-order valence-electron chi connectivity index (χ0n) is 13.1. The van der Waals surface area contributed by atoms with E-state index in [1.165, 1.54) is 0 Å². The molecule has 3 nitrogen and oxygen atoms in total. The molecular weight excluding hydrogens is 274 g/mol. The second-order valence-corrected chi connectivity index (χ2v) is 5.74. The predicted molar refractivity (Wildman–Crippen MR) is 84.9 cm³/mol. The molecule has 0 saturated carbocycles. The van der Waals surface area contributed by atoms with Crippen molar-refractivity contribution in [2.75, 3.05) is 20.3 Å². The van der Waals surface area contributed by atoms with Crippen molar-refractivity contribution < 1.29 is 9.47 Å². The van der Waals surface area contributed by atoms with Crippen molar-refractivity contribution in [3.63, 3.8) is 0 Å². The molecule has 0 aromatic heterocycles. The molecule has 1 rings (SSSR count). The fraction of sp³-hybridized carbons (Fsp3) is 0.625. The molecule has 0 heterocycles. The summed E-state index contributed by atoms with van der Waals surface area (Å²) in [5.41, 5.74) is 0.844. The number of hydrogen-bond acceptors (Lipinski definition) is 3. The third-order valence-electron chi connectivity index (χ3n) is 3.47. The van der Waals surface area contributed by atoms with Gasteiger partial charge in [0.25, 0.3) is 0 Å². The standard InChI is InChI=1S/C16H26ClNO2/c1-6-18-15(16(3,4)20-7-2)11-12-10-13(17)8-9-14(12)19-5/h8-10,15,18H,6-7,11H2,1-5H3. The van der Waals surface area contributed by atoms with Crippen LogP contribution in [0, 0.1) is 0 Å². The Hall–Kier alpha value is -0.770. The lowest BCUT2D eigenvalue weighted by Gasteiger charge is -2.35. The SMILES string of the molecule is CCNC(Cc1cc(Cl)ccc1OC)C(C)(C)OCC. The lowest BCUT2D eigenvalue weighted by Crippen LogP contribution is -2.50. The van der Waals surface area contributed by atoms with E-state index in [1.807, 2.05) is 25.1 Å². The zero-order valence-corrected chi connectivity index (χ0v) is 13.9. The van der Waals surface area contributed by atoms with Crippen molar-refractivity contribution in [1.29, 1.82) is 0 Å². The number of nitrogens with one attached hydrogen (secondary N) is 1. The highest BCUT2D eigenvalue weighted by atomic mass is 35.5. The van der Waals surface area contributed by atoms with E-state index in [2.05, 4.69) is 26.1 Å². The summed E-state index contributed by atoms with van der Waals surface area (Å²) in [5.74, 6) is 0.865. The van der Waals surface area contributed by atoms with E-state index < -0.39 is 0 Å². The van der Waals surface area contributed by atoms with Crippen LogP contribution in [0.3, 0.4) is 0 Å². The largest absolute Gasteiger partial charge is 0.496 e. The summed E-state index contributed by atoms with van der Waals surface area (Å²) in [4.78, 5) is 0. The van der Waals surface area contributed by atoms with Gasteiger partial charge >= 0.3 is 0 Å². The molecule has 0 spiro atoms. The summed E-state index contributed by atoms with van der Waals surface area (Å²) >= 11 is 6.10. The van der Waals surface area contributed by atoms with Gasteiger partial charge in [0.1, 0.15) is 5.75 Å². The lowest BCUT2D eigenvalue weighted by molar-refractivity contribution is -0.0377. The number of hydrogen-bond donors (Lipinski definition) is 1. The van der Waals surface area contributed by atoms with E-state index in [1.54, 1.807) is 7.11 Å². The van der Waals surface area contributed by atoms with Gasteiger partial charge in [0.2, 0.25) is 0 Å². The van der Waals surface area contributed by atoms with Gasteiger partial charge in [-0.1, -0.05) is 18.5 Å². The van der Waals surface area contributed by atoms with Gasteiger partial charge in [-0.3, -0.25) is 0 Å². The average Bonchev–Trinajstić information content (AvgIpc) is 2.38. The molecule has 0 saturated heterocycles. The molecule has 114 valence electrons. The maximum absolute atomic E-state index is 6.10. The maximum atomic E-state index is 6.10. The molecule has 1 N–H and O–H groups in total. The summed E-state index contributed by atoms with van der Waals surface area (Å²) in [6.45, 7) is 9.93. The first kappa shape index (κ1) is 17.3. The summed E-state index contributed by atoms with van der Waals surface area (Å²) in [5, 5.41) is 4.23. The highest BCUT2D eigenvalue weighted by Gasteiger charge is 2.30. The van der Waals surface area contributed by atoms with Gasteiger partial charge in [-0.25, -0.2) is 0 Å². The molecule has 1 unspecified atom stereocenters. The summed E-state index contributed by atoms with van der Waals surface area (Å²) in [6, 6.07) is 5.92. The highest BCUT2D eigenvalue weighted by molar-refractivity contribution is 6.30. The van der Waals surface area contributed by atoms with Gasteiger partial charge in [0, 0.05) is 17.7 Å². The van der Waals surface area contributed by atoms with Crippen LogP contribution >= 0.6 is 11.6 Å². The van der Waals surface area contributed by atoms with Crippen molar-refractivity contribution in [2.24, 2.45) is 0 Å². The van der Waals surface area contributed by atoms with E-state index in [0.29, 0.717) is 6.61 Å². The van der Waals surface area contributed by atoms with Crippen molar-refractivity contribution in [2.45, 2.75) is 45.8 Å². The van der Waals surface area contributed by atoms with Gasteiger partial charge in [-0.15, -0.1) is 0 Å². The molecule has 1 aromatic carbocycles. The van der Waals surface area contributed by atoms with Crippen molar-refractivity contribution >= 4 is 11.6 Å². The fourth-order valence-electron chi connectivity index (χ4n) is 2.41. The highest BCUT2D eigenvalue weighted by Crippen LogP contribution is 2.27. The quantitative estimate of drug-likeness (QED) is 0.794. The van der Waals surface area contributed by atoms with Crippen molar-refractivity contribution in [1.82, 2.24) is 5.32 Å². The molecule has 0 amide bonds. The van der Waals surface area contributed by atoms with E-state index >= 15 is 0 Å². The molecule has 0 aliphatic heterocycles. The predicted octanol–water partition coefficient (Wildman–Crippen LogP) is 3.68. The fourth-order valence-corrected chi connectivity index (χ4v) is 2.60. The van der Waals surface area contributed by atoms with Crippen molar-refractivity contribution in [3.8, 4) is 5.75 Å². The van der Waals surface area contributed by atoms with Crippen LogP contribution in [0.2, 0.25) is 5.02 Å². The Morgan fingerprint density at radius 3 is 2.55 bits per heavy atom. The number of methoxy groups -OCH3 is 1. The Morgan fingerprint density at radius 2 is 2.00 bits per heavy atom. The van der Waals surface area contributed by atoms with E-state index in [0.717, 1.165) is 29.3 Å². The van der Waals surface area contributed by atoms with Crippen LogP contribution in [0.25, 0.3) is 0 Å². The minimum absolute atomic E-state index is 0.194. The topological polar surface area (TPSA) is 30.5 Å². The number of halogens is 1. The molecule has 1 aromatic rings. The monoisotopic (exact) mass is 299 g/mol. The number of rotatable bonds is 8. The second-order valence-electron chi connectivity index (χ2n) is 5.31. The molecule has 1 atom stereocenters. The van der Waals surface area contributed by atoms with Crippen LogP contribution in [-0.4, -0.2) is 31.9 Å². The molecule has 0 radical (unpaired) electrons. The summed E-state index contributed by atoms with van der Waals surface area (Å²) in [6.07, 6.45) is 0.810. The molecule has 0 aliphatic rings. The van der Waals surface area contributed by atoms with Gasteiger partial charge in [-0.2, -0.15) is 0 Å². The third-order valence-corrected chi connectivity index (χ3v) is 3.71. The number of likely N-dealkylation sites (N-methyl/N-ethyl adjacent to an activating group) is 1. The van der Waals surface area contributed by atoms with E-state index in [-0.39, 0.29) is 11.6 Å². The molecular formula is C16H26ClNO2. The van der Waals surface area contributed by atoms with E-state index in [9.17, 15) is 0 Å². The zero-order chi connectivity index (χ0) is 15.2. The number of ether oxygens (including phenoxy) is 2. The van der Waals surface area contributed by atoms with Crippen molar-refractivity contribution in [3.05, 3.63) is 28.8 Å². The Bertz CT molecular complexity index is 421. The summed E-state index contributed by atoms with van der Waals surface area (Å²) < 4.78 is 11.3. The Kier molecular flexibility index (Phi) is 6.80. The van der Waals surface area contributed by atoms with Crippen LogP contribution in [0.1, 0.15) is 33.3 Å². The van der Waals surface area contributed by atoms with Gasteiger partial charge in [-0.05, 0) is 57.5 Å². The second kappa shape index (κ2) is 7.87. The van der Waals surface area contributed by atoms with Crippen LogP contribution in [0.5, 0.6) is 5.75 Å². The first-order chi connectivity index (χ1) is 9.44. The van der Waals surface area contributed by atoms with Gasteiger partial charge in [0.15, 0.2) is 0 Å².